The second-order valence-electron chi connectivity index (χ2n) is 4.58. The van der Waals surface area contributed by atoms with Crippen LogP contribution in [0.15, 0.2) is 42.5 Å². The van der Waals surface area contributed by atoms with Crippen molar-refractivity contribution in [1.29, 1.82) is 0 Å². The Morgan fingerprint density at radius 2 is 1.89 bits per heavy atom. The summed E-state index contributed by atoms with van der Waals surface area (Å²) in [5.41, 5.74) is 6.05. The molecule has 3 rings (SSSR count). The van der Waals surface area contributed by atoms with Crippen LogP contribution in [0.1, 0.15) is 23.1 Å². The zero-order valence-corrected chi connectivity index (χ0v) is 10.3. The van der Waals surface area contributed by atoms with Crippen molar-refractivity contribution in [2.75, 3.05) is 0 Å². The average molecular weight is 248 g/mol. The molecule has 2 nitrogen and oxygen atoms in total. The first-order chi connectivity index (χ1) is 9.24. The molecule has 0 aliphatic heterocycles. The molecule has 1 aliphatic carbocycles. The minimum atomic E-state index is -0.888. The van der Waals surface area contributed by atoms with Gasteiger partial charge in [0.2, 0.25) is 0 Å². The molecule has 0 fully saturated rings. The Morgan fingerprint density at radius 3 is 2.74 bits per heavy atom. The van der Waals surface area contributed by atoms with Crippen molar-refractivity contribution >= 4 is 5.97 Å². The highest BCUT2D eigenvalue weighted by Gasteiger charge is 2.17. The number of hydrogen-bond donors (Lipinski definition) is 1. The van der Waals surface area contributed by atoms with Crippen molar-refractivity contribution in [2.24, 2.45) is 0 Å². The van der Waals surface area contributed by atoms with Gasteiger partial charge in [-0.05, 0) is 40.8 Å². The van der Waals surface area contributed by atoms with Crippen LogP contribution in [-0.4, -0.2) is 11.1 Å². The summed E-state index contributed by atoms with van der Waals surface area (Å²) < 4.78 is 0. The van der Waals surface area contributed by atoms with Gasteiger partial charge >= 0.3 is 5.97 Å². The average Bonchev–Trinajstić information content (AvgIpc) is 2.76. The van der Waals surface area contributed by atoms with Crippen LogP contribution in [0, 0.1) is 11.8 Å². The van der Waals surface area contributed by atoms with Gasteiger partial charge in [0.25, 0.3) is 0 Å². The summed E-state index contributed by atoms with van der Waals surface area (Å²) in [6.45, 7) is 0. The van der Waals surface area contributed by atoms with Crippen molar-refractivity contribution < 1.29 is 9.90 Å². The van der Waals surface area contributed by atoms with Crippen LogP contribution >= 0.6 is 0 Å². The van der Waals surface area contributed by atoms with Crippen molar-refractivity contribution in [3.63, 3.8) is 0 Å². The van der Waals surface area contributed by atoms with E-state index in [1.165, 1.54) is 22.3 Å². The Labute approximate surface area is 111 Å². The first-order valence-electron chi connectivity index (χ1n) is 6.16. The molecular formula is C17H12O2. The Hall–Kier alpha value is -2.53. The Bertz CT molecular complexity index is 718. The molecule has 0 aromatic heterocycles. The van der Waals surface area contributed by atoms with E-state index in [1.54, 1.807) is 0 Å². The molecule has 0 heterocycles. The molecule has 2 aromatic carbocycles. The first kappa shape index (κ1) is 11.6. The molecule has 0 saturated heterocycles. The van der Waals surface area contributed by atoms with Gasteiger partial charge in [-0.3, -0.25) is 4.79 Å². The lowest BCUT2D eigenvalue weighted by Gasteiger charge is -2.00. The third kappa shape index (κ3) is 2.23. The molecule has 0 spiro atoms. The number of fused-ring (bicyclic) bond motifs is 3. The Kier molecular flexibility index (Phi) is 2.81. The van der Waals surface area contributed by atoms with Crippen LogP contribution in [0.25, 0.3) is 11.1 Å². The van der Waals surface area contributed by atoms with Crippen LogP contribution in [0.5, 0.6) is 0 Å². The van der Waals surface area contributed by atoms with Crippen LogP contribution in [-0.2, 0) is 11.2 Å². The number of benzene rings is 2. The van der Waals surface area contributed by atoms with Crippen molar-refractivity contribution in [1.82, 2.24) is 0 Å². The topological polar surface area (TPSA) is 37.3 Å². The molecule has 0 radical (unpaired) electrons. The molecule has 0 saturated carbocycles. The number of hydrogen-bond acceptors (Lipinski definition) is 1. The molecular weight excluding hydrogens is 236 g/mol. The second kappa shape index (κ2) is 4.62. The minimum Gasteiger partial charge on any atom is -0.481 e. The Balaban J connectivity index is 1.93. The highest BCUT2D eigenvalue weighted by Crippen LogP contribution is 2.36. The SMILES string of the molecule is O=C(O)CC#Cc1ccc2c(c1)Cc1ccccc1-2. The molecule has 92 valence electrons. The lowest BCUT2D eigenvalue weighted by atomic mass is 10.0. The number of aliphatic carboxylic acids is 1. The lowest BCUT2D eigenvalue weighted by Crippen LogP contribution is -1.90. The van der Waals surface area contributed by atoms with E-state index >= 15 is 0 Å². The van der Waals surface area contributed by atoms with E-state index in [2.05, 4.69) is 48.2 Å². The van der Waals surface area contributed by atoms with Gasteiger partial charge in [0, 0.05) is 5.56 Å². The van der Waals surface area contributed by atoms with Gasteiger partial charge in [-0.15, -0.1) is 0 Å². The minimum absolute atomic E-state index is 0.114. The molecule has 0 amide bonds. The van der Waals surface area contributed by atoms with Gasteiger partial charge in [-0.1, -0.05) is 42.2 Å². The summed E-state index contributed by atoms with van der Waals surface area (Å²) in [6.07, 6.45) is 0.817. The van der Waals surface area contributed by atoms with E-state index in [0.29, 0.717) is 0 Å². The maximum atomic E-state index is 10.4. The van der Waals surface area contributed by atoms with Gasteiger partial charge in [-0.25, -0.2) is 0 Å². The molecule has 0 atom stereocenters. The van der Waals surface area contributed by atoms with E-state index < -0.39 is 5.97 Å². The largest absolute Gasteiger partial charge is 0.481 e. The van der Waals surface area contributed by atoms with Gasteiger partial charge in [-0.2, -0.15) is 0 Å². The van der Waals surface area contributed by atoms with E-state index in [1.807, 2.05) is 6.07 Å². The molecule has 0 bridgehead atoms. The third-order valence-corrected chi connectivity index (χ3v) is 3.27. The molecule has 0 unspecified atom stereocenters. The van der Waals surface area contributed by atoms with Crippen LogP contribution in [0.2, 0.25) is 0 Å². The molecule has 1 N–H and O–H groups in total. The lowest BCUT2D eigenvalue weighted by molar-refractivity contribution is -0.135. The predicted molar refractivity (Wildman–Crippen MR) is 73.8 cm³/mol. The van der Waals surface area contributed by atoms with Crippen LogP contribution in [0.3, 0.4) is 0 Å². The van der Waals surface area contributed by atoms with E-state index in [9.17, 15) is 4.79 Å². The first-order valence-corrected chi connectivity index (χ1v) is 6.16. The summed E-state index contributed by atoms with van der Waals surface area (Å²) in [6, 6.07) is 14.5. The van der Waals surface area contributed by atoms with Crippen molar-refractivity contribution in [3.8, 4) is 23.0 Å². The van der Waals surface area contributed by atoms with Gasteiger partial charge in [0.15, 0.2) is 0 Å². The standard InChI is InChI=1S/C17H12O2/c18-17(19)7-3-4-12-8-9-16-14(10-12)11-13-5-1-2-6-15(13)16/h1-2,5-6,8-10H,7,11H2,(H,18,19). The van der Waals surface area contributed by atoms with E-state index in [0.717, 1.165) is 12.0 Å². The number of rotatable bonds is 1. The zero-order valence-electron chi connectivity index (χ0n) is 10.3. The summed E-state index contributed by atoms with van der Waals surface area (Å²) in [7, 11) is 0. The van der Waals surface area contributed by atoms with E-state index in [-0.39, 0.29) is 6.42 Å². The quantitative estimate of drug-likeness (QED) is 0.672. The van der Waals surface area contributed by atoms with Crippen LogP contribution in [0.4, 0.5) is 0 Å². The smallest absolute Gasteiger partial charge is 0.315 e. The van der Waals surface area contributed by atoms with Gasteiger partial charge in [0.05, 0.1) is 0 Å². The summed E-state index contributed by atoms with van der Waals surface area (Å²) >= 11 is 0. The Morgan fingerprint density at radius 1 is 1.11 bits per heavy atom. The predicted octanol–water partition coefficient (Wildman–Crippen LogP) is 3.08. The molecule has 1 aliphatic rings. The van der Waals surface area contributed by atoms with E-state index in [4.69, 9.17) is 5.11 Å². The summed E-state index contributed by atoms with van der Waals surface area (Å²) in [5.74, 6) is 4.68. The van der Waals surface area contributed by atoms with Crippen LogP contribution < -0.4 is 0 Å². The number of carboxylic acids is 1. The fourth-order valence-corrected chi connectivity index (χ4v) is 2.44. The maximum Gasteiger partial charge on any atom is 0.315 e. The highest BCUT2D eigenvalue weighted by atomic mass is 16.4. The fraction of sp³-hybridized carbons (Fsp3) is 0.118. The maximum absolute atomic E-state index is 10.4. The second-order valence-corrected chi connectivity index (χ2v) is 4.58. The molecule has 2 heteroatoms. The number of carboxylic acid groups (broad SMARTS) is 1. The summed E-state index contributed by atoms with van der Waals surface area (Å²) in [5, 5.41) is 8.56. The highest BCUT2D eigenvalue weighted by molar-refractivity contribution is 5.77. The normalized spacial score (nSPS) is 11.2. The molecule has 2 aromatic rings. The fourth-order valence-electron chi connectivity index (χ4n) is 2.44. The summed E-state index contributed by atoms with van der Waals surface area (Å²) in [4.78, 5) is 10.4. The molecule has 19 heavy (non-hydrogen) atoms. The van der Waals surface area contributed by atoms with Gasteiger partial charge in [0.1, 0.15) is 6.42 Å². The number of carbonyl (C=O) groups is 1. The van der Waals surface area contributed by atoms with Crippen molar-refractivity contribution in [2.45, 2.75) is 12.8 Å². The third-order valence-electron chi connectivity index (χ3n) is 3.27. The monoisotopic (exact) mass is 248 g/mol. The zero-order chi connectivity index (χ0) is 13.2. The van der Waals surface area contributed by atoms with Gasteiger partial charge < -0.3 is 5.11 Å². The van der Waals surface area contributed by atoms with Crippen molar-refractivity contribution in [3.05, 3.63) is 59.2 Å².